The molecular formula is C13H17FN2OS. The Hall–Kier alpha value is -1.23. The van der Waals surface area contributed by atoms with Gasteiger partial charge in [0.25, 0.3) is 0 Å². The van der Waals surface area contributed by atoms with Crippen molar-refractivity contribution in [1.29, 1.82) is 0 Å². The fourth-order valence-electron chi connectivity index (χ4n) is 2.11. The monoisotopic (exact) mass is 268 g/mol. The van der Waals surface area contributed by atoms with Crippen LogP contribution >= 0.6 is 11.8 Å². The minimum absolute atomic E-state index is 0.0584. The molecule has 2 rings (SSSR count). The van der Waals surface area contributed by atoms with Gasteiger partial charge in [-0.25, -0.2) is 4.39 Å². The molecule has 0 bridgehead atoms. The van der Waals surface area contributed by atoms with E-state index in [0.29, 0.717) is 23.7 Å². The smallest absolute Gasteiger partial charge is 0.224 e. The number of hydrogen-bond donors (Lipinski definition) is 2. The number of thioether (sulfide) groups is 1. The number of amides is 1. The predicted molar refractivity (Wildman–Crippen MR) is 74.1 cm³/mol. The van der Waals surface area contributed by atoms with Crippen LogP contribution in [0.2, 0.25) is 0 Å². The Kier molecular flexibility index (Phi) is 4.47. The maximum absolute atomic E-state index is 13.1. The second-order valence-electron chi connectivity index (χ2n) is 4.58. The lowest BCUT2D eigenvalue weighted by molar-refractivity contribution is -0.117. The SMILES string of the molecule is Nc1cc(F)cc(NC(=O)CC2CCSCC2)c1. The van der Waals surface area contributed by atoms with Gasteiger partial charge in [-0.1, -0.05) is 0 Å². The third kappa shape index (κ3) is 3.91. The normalized spacial score (nSPS) is 16.5. The molecule has 3 N–H and O–H groups in total. The van der Waals surface area contributed by atoms with Gasteiger partial charge in [0.05, 0.1) is 0 Å². The van der Waals surface area contributed by atoms with E-state index in [1.54, 1.807) is 6.07 Å². The minimum atomic E-state index is -0.431. The summed E-state index contributed by atoms with van der Waals surface area (Å²) in [5, 5.41) is 2.71. The number of carbonyl (C=O) groups excluding carboxylic acids is 1. The first-order valence-corrected chi connectivity index (χ1v) is 7.22. The zero-order valence-electron chi connectivity index (χ0n) is 10.1. The van der Waals surface area contributed by atoms with Crippen molar-refractivity contribution in [3.05, 3.63) is 24.0 Å². The summed E-state index contributed by atoms with van der Waals surface area (Å²) >= 11 is 1.94. The first kappa shape index (κ1) is 13.2. The van der Waals surface area contributed by atoms with Crippen LogP contribution in [-0.2, 0) is 4.79 Å². The van der Waals surface area contributed by atoms with Crippen molar-refractivity contribution in [3.8, 4) is 0 Å². The van der Waals surface area contributed by atoms with E-state index >= 15 is 0 Å². The van der Waals surface area contributed by atoms with Crippen LogP contribution in [0, 0.1) is 11.7 Å². The molecule has 5 heteroatoms. The van der Waals surface area contributed by atoms with Gasteiger partial charge < -0.3 is 11.1 Å². The summed E-state index contributed by atoms with van der Waals surface area (Å²) in [6.45, 7) is 0. The molecule has 0 radical (unpaired) electrons. The average Bonchev–Trinajstić information content (AvgIpc) is 2.28. The zero-order valence-corrected chi connectivity index (χ0v) is 10.9. The summed E-state index contributed by atoms with van der Waals surface area (Å²) in [4.78, 5) is 11.8. The Bertz CT molecular complexity index is 413. The van der Waals surface area contributed by atoms with Crippen molar-refractivity contribution >= 4 is 29.0 Å². The molecule has 1 fully saturated rings. The van der Waals surface area contributed by atoms with E-state index in [1.165, 1.54) is 12.1 Å². The number of rotatable bonds is 3. The molecule has 18 heavy (non-hydrogen) atoms. The average molecular weight is 268 g/mol. The van der Waals surface area contributed by atoms with Crippen LogP contribution in [0.5, 0.6) is 0 Å². The third-order valence-corrected chi connectivity index (χ3v) is 4.07. The quantitative estimate of drug-likeness (QED) is 0.829. The number of nitrogen functional groups attached to an aromatic ring is 1. The molecule has 1 amide bonds. The summed E-state index contributed by atoms with van der Waals surface area (Å²) in [5.74, 6) is 2.23. The molecule has 0 atom stereocenters. The second kappa shape index (κ2) is 6.09. The van der Waals surface area contributed by atoms with Gasteiger partial charge in [-0.2, -0.15) is 11.8 Å². The maximum Gasteiger partial charge on any atom is 0.224 e. The molecule has 0 saturated carbocycles. The highest BCUT2D eigenvalue weighted by Gasteiger charge is 2.17. The molecule has 98 valence electrons. The van der Waals surface area contributed by atoms with E-state index in [9.17, 15) is 9.18 Å². The number of halogens is 1. The highest BCUT2D eigenvalue weighted by Crippen LogP contribution is 2.25. The second-order valence-corrected chi connectivity index (χ2v) is 5.81. The van der Waals surface area contributed by atoms with Crippen LogP contribution in [0.1, 0.15) is 19.3 Å². The first-order chi connectivity index (χ1) is 8.63. The highest BCUT2D eigenvalue weighted by atomic mass is 32.2. The molecule has 1 aromatic rings. The van der Waals surface area contributed by atoms with Gasteiger partial charge in [0.1, 0.15) is 5.82 Å². The van der Waals surface area contributed by atoms with Crippen LogP contribution < -0.4 is 11.1 Å². The number of hydrogen-bond acceptors (Lipinski definition) is 3. The van der Waals surface area contributed by atoms with Gasteiger partial charge >= 0.3 is 0 Å². The Balaban J connectivity index is 1.89. The number of nitrogens with two attached hydrogens (primary N) is 1. The number of benzene rings is 1. The predicted octanol–water partition coefficient (Wildman–Crippen LogP) is 2.88. The summed E-state index contributed by atoms with van der Waals surface area (Å²) < 4.78 is 13.1. The topological polar surface area (TPSA) is 55.1 Å². The Morgan fingerprint density at radius 2 is 2.11 bits per heavy atom. The Labute approximate surface area is 110 Å². The van der Waals surface area contributed by atoms with Crippen molar-refractivity contribution in [2.45, 2.75) is 19.3 Å². The lowest BCUT2D eigenvalue weighted by Gasteiger charge is -2.20. The molecule has 0 unspecified atom stereocenters. The Morgan fingerprint density at radius 1 is 1.39 bits per heavy atom. The molecular weight excluding hydrogens is 251 g/mol. The van der Waals surface area contributed by atoms with E-state index in [2.05, 4.69) is 5.32 Å². The fraction of sp³-hybridized carbons (Fsp3) is 0.462. The minimum Gasteiger partial charge on any atom is -0.399 e. The zero-order chi connectivity index (χ0) is 13.0. The van der Waals surface area contributed by atoms with E-state index in [-0.39, 0.29) is 5.91 Å². The first-order valence-electron chi connectivity index (χ1n) is 6.07. The van der Waals surface area contributed by atoms with Crippen molar-refractivity contribution < 1.29 is 9.18 Å². The van der Waals surface area contributed by atoms with E-state index < -0.39 is 5.82 Å². The van der Waals surface area contributed by atoms with E-state index in [0.717, 1.165) is 24.3 Å². The van der Waals surface area contributed by atoms with Crippen LogP contribution in [-0.4, -0.2) is 17.4 Å². The fourth-order valence-corrected chi connectivity index (χ4v) is 3.31. The van der Waals surface area contributed by atoms with Crippen molar-refractivity contribution in [2.75, 3.05) is 22.6 Å². The number of anilines is 2. The summed E-state index contributed by atoms with van der Waals surface area (Å²) in [6.07, 6.45) is 2.68. The van der Waals surface area contributed by atoms with Crippen molar-refractivity contribution in [2.24, 2.45) is 5.92 Å². The lowest BCUT2D eigenvalue weighted by Crippen LogP contribution is -2.19. The maximum atomic E-state index is 13.1. The molecule has 0 aliphatic carbocycles. The highest BCUT2D eigenvalue weighted by molar-refractivity contribution is 7.99. The molecule has 0 aromatic heterocycles. The van der Waals surface area contributed by atoms with Gasteiger partial charge in [0.2, 0.25) is 5.91 Å². The van der Waals surface area contributed by atoms with Crippen LogP contribution in [0.25, 0.3) is 0 Å². The van der Waals surface area contributed by atoms with Crippen LogP contribution in [0.15, 0.2) is 18.2 Å². The summed E-state index contributed by atoms with van der Waals surface area (Å²) in [5.41, 5.74) is 6.28. The van der Waals surface area contributed by atoms with Gasteiger partial charge in [0, 0.05) is 17.8 Å². The standard InChI is InChI=1S/C13H17FN2OS/c14-10-6-11(15)8-12(7-10)16-13(17)5-9-1-3-18-4-2-9/h6-9H,1-5,15H2,(H,16,17). The van der Waals surface area contributed by atoms with Crippen molar-refractivity contribution in [3.63, 3.8) is 0 Å². The molecule has 3 nitrogen and oxygen atoms in total. The summed E-state index contributed by atoms with van der Waals surface area (Å²) in [6, 6.07) is 4.08. The lowest BCUT2D eigenvalue weighted by atomic mass is 9.98. The van der Waals surface area contributed by atoms with Crippen molar-refractivity contribution in [1.82, 2.24) is 0 Å². The molecule has 1 aliphatic rings. The molecule has 1 aliphatic heterocycles. The number of carbonyl (C=O) groups is 1. The van der Waals surface area contributed by atoms with Gasteiger partial charge in [-0.3, -0.25) is 4.79 Å². The van der Waals surface area contributed by atoms with Crippen LogP contribution in [0.3, 0.4) is 0 Å². The molecule has 1 saturated heterocycles. The third-order valence-electron chi connectivity index (χ3n) is 3.02. The Morgan fingerprint density at radius 3 is 2.78 bits per heavy atom. The number of nitrogens with one attached hydrogen (secondary N) is 1. The van der Waals surface area contributed by atoms with E-state index in [4.69, 9.17) is 5.73 Å². The molecule has 1 heterocycles. The van der Waals surface area contributed by atoms with Gasteiger partial charge in [-0.05, 0) is 48.5 Å². The van der Waals surface area contributed by atoms with Gasteiger partial charge in [-0.15, -0.1) is 0 Å². The van der Waals surface area contributed by atoms with Gasteiger partial charge in [0.15, 0.2) is 0 Å². The van der Waals surface area contributed by atoms with E-state index in [1.807, 2.05) is 11.8 Å². The largest absolute Gasteiger partial charge is 0.399 e. The molecule has 1 aromatic carbocycles. The summed E-state index contributed by atoms with van der Waals surface area (Å²) in [7, 11) is 0. The molecule has 0 spiro atoms. The van der Waals surface area contributed by atoms with Crippen LogP contribution in [0.4, 0.5) is 15.8 Å².